The molecule has 31 heavy (non-hydrogen) atoms. The second-order valence-corrected chi connectivity index (χ2v) is 8.53. The van der Waals surface area contributed by atoms with E-state index >= 15 is 0 Å². The quantitative estimate of drug-likeness (QED) is 0.335. The Balaban J connectivity index is 1.25. The van der Waals surface area contributed by atoms with Crippen LogP contribution in [-0.4, -0.2) is 26.2 Å². The summed E-state index contributed by atoms with van der Waals surface area (Å²) in [5, 5.41) is 15.3. The fraction of sp³-hybridized carbons (Fsp3) is 0.190. The van der Waals surface area contributed by atoms with E-state index in [0.29, 0.717) is 35.0 Å². The molecule has 0 unspecified atom stereocenters. The standard InChI is InChI=1S/C21H18BrN5O3S/c1-13-5-7-14(8-6-13)20-25-26-21(29-20)31-12-17-24-19(30-27-17)10-9-18(28)23-16-4-2-3-15(22)11-16/h2-8,11H,9-10,12H2,1H3,(H,23,28). The number of thioether (sulfide) groups is 1. The molecule has 0 fully saturated rings. The number of carbonyl (C=O) groups excluding carboxylic acids is 1. The molecule has 4 aromatic rings. The molecule has 0 saturated heterocycles. The summed E-state index contributed by atoms with van der Waals surface area (Å²) in [4.78, 5) is 16.4. The summed E-state index contributed by atoms with van der Waals surface area (Å²) in [6, 6.07) is 15.3. The van der Waals surface area contributed by atoms with E-state index in [1.54, 1.807) is 0 Å². The van der Waals surface area contributed by atoms with Gasteiger partial charge in [-0.25, -0.2) is 0 Å². The van der Waals surface area contributed by atoms with Crippen LogP contribution in [0.5, 0.6) is 0 Å². The molecule has 2 aromatic heterocycles. The van der Waals surface area contributed by atoms with Gasteiger partial charge in [0.15, 0.2) is 5.82 Å². The zero-order valence-corrected chi connectivity index (χ0v) is 18.9. The number of nitrogens with zero attached hydrogens (tertiary/aromatic N) is 4. The molecule has 0 spiro atoms. The number of carbonyl (C=O) groups is 1. The van der Waals surface area contributed by atoms with Crippen LogP contribution >= 0.6 is 27.7 Å². The Bertz CT molecular complexity index is 1180. The third-order valence-corrected chi connectivity index (χ3v) is 5.52. The van der Waals surface area contributed by atoms with Crippen LogP contribution < -0.4 is 5.32 Å². The number of hydrogen-bond donors (Lipinski definition) is 1. The number of nitrogens with one attached hydrogen (secondary N) is 1. The average molecular weight is 500 g/mol. The third-order valence-electron chi connectivity index (χ3n) is 4.21. The van der Waals surface area contributed by atoms with Crippen molar-refractivity contribution in [3.63, 3.8) is 0 Å². The molecule has 0 radical (unpaired) electrons. The fourth-order valence-electron chi connectivity index (χ4n) is 2.67. The predicted molar refractivity (Wildman–Crippen MR) is 119 cm³/mol. The molecule has 4 rings (SSSR count). The average Bonchev–Trinajstić information content (AvgIpc) is 3.41. The molecule has 0 bridgehead atoms. The highest BCUT2D eigenvalue weighted by molar-refractivity contribution is 9.10. The maximum absolute atomic E-state index is 12.1. The van der Waals surface area contributed by atoms with Crippen LogP contribution in [-0.2, 0) is 17.0 Å². The van der Waals surface area contributed by atoms with E-state index in [1.807, 2.05) is 55.5 Å². The second-order valence-electron chi connectivity index (χ2n) is 6.69. The van der Waals surface area contributed by atoms with Gasteiger partial charge < -0.3 is 14.3 Å². The van der Waals surface area contributed by atoms with Gasteiger partial charge in [0.2, 0.25) is 17.7 Å². The monoisotopic (exact) mass is 499 g/mol. The Kier molecular flexibility index (Phi) is 6.78. The molecular formula is C21H18BrN5O3S. The normalized spacial score (nSPS) is 10.9. The number of halogens is 1. The molecule has 1 N–H and O–H groups in total. The Morgan fingerprint density at radius 2 is 2.00 bits per heavy atom. The molecule has 0 saturated carbocycles. The van der Waals surface area contributed by atoms with Gasteiger partial charge in [0.1, 0.15) is 0 Å². The first-order chi connectivity index (χ1) is 15.0. The summed E-state index contributed by atoms with van der Waals surface area (Å²) in [6.45, 7) is 2.02. The minimum absolute atomic E-state index is 0.123. The molecular weight excluding hydrogens is 482 g/mol. The molecule has 8 nitrogen and oxygen atoms in total. The van der Waals surface area contributed by atoms with E-state index in [1.165, 1.54) is 11.8 Å². The lowest BCUT2D eigenvalue weighted by Crippen LogP contribution is -2.12. The van der Waals surface area contributed by atoms with Crippen molar-refractivity contribution in [3.8, 4) is 11.5 Å². The molecule has 2 aromatic carbocycles. The number of amides is 1. The predicted octanol–water partition coefficient (Wildman–Crippen LogP) is 5.05. The van der Waals surface area contributed by atoms with Crippen molar-refractivity contribution in [2.45, 2.75) is 30.7 Å². The number of aromatic nitrogens is 4. The van der Waals surface area contributed by atoms with E-state index < -0.39 is 0 Å². The topological polar surface area (TPSA) is 107 Å². The SMILES string of the molecule is Cc1ccc(-c2nnc(SCc3noc(CCC(=O)Nc4cccc(Br)c4)n3)o2)cc1. The van der Waals surface area contributed by atoms with Crippen LogP contribution in [0.3, 0.4) is 0 Å². The lowest BCUT2D eigenvalue weighted by molar-refractivity contribution is -0.116. The van der Waals surface area contributed by atoms with Gasteiger partial charge in [0.05, 0.1) is 5.75 Å². The smallest absolute Gasteiger partial charge is 0.277 e. The molecule has 158 valence electrons. The third kappa shape index (κ3) is 6.02. The summed E-state index contributed by atoms with van der Waals surface area (Å²) in [7, 11) is 0. The highest BCUT2D eigenvalue weighted by atomic mass is 79.9. The van der Waals surface area contributed by atoms with Gasteiger partial charge in [-0.05, 0) is 37.3 Å². The highest BCUT2D eigenvalue weighted by Gasteiger charge is 2.13. The minimum atomic E-state index is -0.123. The van der Waals surface area contributed by atoms with E-state index in [-0.39, 0.29) is 12.3 Å². The lowest BCUT2D eigenvalue weighted by Gasteiger charge is -2.04. The van der Waals surface area contributed by atoms with E-state index in [9.17, 15) is 4.79 Å². The molecule has 1 amide bonds. The van der Waals surface area contributed by atoms with Crippen molar-refractivity contribution >= 4 is 39.3 Å². The lowest BCUT2D eigenvalue weighted by atomic mass is 10.1. The summed E-state index contributed by atoms with van der Waals surface area (Å²) < 4.78 is 11.8. The van der Waals surface area contributed by atoms with E-state index in [2.05, 4.69) is 41.6 Å². The number of hydrogen-bond acceptors (Lipinski definition) is 8. The van der Waals surface area contributed by atoms with Gasteiger partial charge in [-0.15, -0.1) is 10.2 Å². The zero-order chi connectivity index (χ0) is 21.6. The zero-order valence-electron chi connectivity index (χ0n) is 16.5. The van der Waals surface area contributed by atoms with Crippen molar-refractivity contribution in [2.24, 2.45) is 0 Å². The van der Waals surface area contributed by atoms with Crippen LogP contribution in [0.1, 0.15) is 23.7 Å². The van der Waals surface area contributed by atoms with Gasteiger partial charge in [-0.2, -0.15) is 4.98 Å². The summed E-state index contributed by atoms with van der Waals surface area (Å²) in [5.74, 6) is 1.67. The molecule has 0 aliphatic heterocycles. The van der Waals surface area contributed by atoms with E-state index in [0.717, 1.165) is 21.3 Å². The Labute approximate surface area is 191 Å². The number of aryl methyl sites for hydroxylation is 2. The van der Waals surface area contributed by atoms with Crippen LogP contribution in [0.4, 0.5) is 5.69 Å². The van der Waals surface area contributed by atoms with Crippen LogP contribution in [0.2, 0.25) is 0 Å². The first-order valence-electron chi connectivity index (χ1n) is 9.45. The van der Waals surface area contributed by atoms with Crippen LogP contribution in [0.15, 0.2) is 67.2 Å². The van der Waals surface area contributed by atoms with Crippen LogP contribution in [0, 0.1) is 6.92 Å². The number of benzene rings is 2. The maximum atomic E-state index is 12.1. The van der Waals surface area contributed by atoms with Gasteiger partial charge >= 0.3 is 0 Å². The minimum Gasteiger partial charge on any atom is -0.411 e. The van der Waals surface area contributed by atoms with Crippen molar-refractivity contribution in [1.29, 1.82) is 0 Å². The summed E-state index contributed by atoms with van der Waals surface area (Å²) in [6.07, 6.45) is 0.598. The summed E-state index contributed by atoms with van der Waals surface area (Å²) >= 11 is 4.70. The molecule has 0 atom stereocenters. The molecule has 0 aliphatic carbocycles. The Morgan fingerprint density at radius 3 is 2.81 bits per heavy atom. The number of anilines is 1. The van der Waals surface area contributed by atoms with Gasteiger partial charge in [-0.1, -0.05) is 56.6 Å². The van der Waals surface area contributed by atoms with Crippen molar-refractivity contribution in [2.75, 3.05) is 5.32 Å². The molecule has 2 heterocycles. The maximum Gasteiger partial charge on any atom is 0.277 e. The van der Waals surface area contributed by atoms with Gasteiger partial charge in [0.25, 0.3) is 5.22 Å². The largest absolute Gasteiger partial charge is 0.411 e. The molecule has 0 aliphatic rings. The van der Waals surface area contributed by atoms with Crippen LogP contribution in [0.25, 0.3) is 11.5 Å². The van der Waals surface area contributed by atoms with Gasteiger partial charge in [0, 0.05) is 28.6 Å². The van der Waals surface area contributed by atoms with Crippen molar-refractivity contribution < 1.29 is 13.7 Å². The van der Waals surface area contributed by atoms with Crippen molar-refractivity contribution in [1.82, 2.24) is 20.3 Å². The first-order valence-corrected chi connectivity index (χ1v) is 11.2. The van der Waals surface area contributed by atoms with Gasteiger partial charge in [-0.3, -0.25) is 4.79 Å². The first kappa shape index (κ1) is 21.3. The highest BCUT2D eigenvalue weighted by Crippen LogP contribution is 2.25. The van der Waals surface area contributed by atoms with Crippen molar-refractivity contribution in [3.05, 3.63) is 70.3 Å². The summed E-state index contributed by atoms with van der Waals surface area (Å²) in [5.41, 5.74) is 2.76. The second kappa shape index (κ2) is 9.88. The fourth-order valence-corrected chi connectivity index (χ4v) is 3.67. The Morgan fingerprint density at radius 1 is 1.16 bits per heavy atom. The van der Waals surface area contributed by atoms with E-state index in [4.69, 9.17) is 8.94 Å². The number of rotatable bonds is 8. The molecule has 10 heteroatoms. The Hall–Kier alpha value is -2.98.